The number of ether oxygens (including phenoxy) is 1. The Bertz CT molecular complexity index is 909. The molecular formula is C23H28O2Si. The Morgan fingerprint density at radius 2 is 1.38 bits per heavy atom. The molecule has 0 atom stereocenters. The van der Waals surface area contributed by atoms with Crippen molar-refractivity contribution in [2.75, 3.05) is 7.11 Å². The molecule has 0 saturated heterocycles. The molecule has 0 radical (unpaired) electrons. The van der Waals surface area contributed by atoms with E-state index in [1.54, 1.807) is 7.11 Å². The average molecular weight is 365 g/mol. The molecule has 0 heterocycles. The van der Waals surface area contributed by atoms with Crippen LogP contribution in [0, 0.1) is 0 Å². The molecule has 0 saturated carbocycles. The summed E-state index contributed by atoms with van der Waals surface area (Å²) in [5, 5.41) is 2.33. The van der Waals surface area contributed by atoms with Gasteiger partial charge in [0, 0.05) is 16.3 Å². The summed E-state index contributed by atoms with van der Waals surface area (Å²) < 4.78 is 12.5. The van der Waals surface area contributed by atoms with Crippen LogP contribution in [0.15, 0.2) is 60.7 Å². The average Bonchev–Trinajstić information content (AvgIpc) is 2.61. The van der Waals surface area contributed by atoms with Crippen molar-refractivity contribution in [3.8, 4) is 22.6 Å². The molecule has 0 N–H and O–H groups in total. The second-order valence-electron chi connectivity index (χ2n) is 8.23. The summed E-state index contributed by atoms with van der Waals surface area (Å²) in [4.78, 5) is 0. The van der Waals surface area contributed by atoms with Gasteiger partial charge in [-0.1, -0.05) is 75.4 Å². The predicted molar refractivity (Wildman–Crippen MR) is 114 cm³/mol. The van der Waals surface area contributed by atoms with Crippen LogP contribution in [0.5, 0.6) is 11.5 Å². The van der Waals surface area contributed by atoms with E-state index in [2.05, 4.69) is 88.5 Å². The van der Waals surface area contributed by atoms with E-state index >= 15 is 0 Å². The third-order valence-electron chi connectivity index (χ3n) is 5.42. The fourth-order valence-electron chi connectivity index (χ4n) is 2.88. The van der Waals surface area contributed by atoms with Crippen molar-refractivity contribution < 1.29 is 9.16 Å². The van der Waals surface area contributed by atoms with Crippen LogP contribution < -0.4 is 9.16 Å². The van der Waals surface area contributed by atoms with Gasteiger partial charge in [0.15, 0.2) is 0 Å². The standard InChI is InChI=1S/C23H28O2Si/c1-23(2,3)26(5,6)25-21-16-20(17-12-8-7-9-13-17)22(24-4)19-15-11-10-14-18(19)21/h7-16H,1-6H3. The highest BCUT2D eigenvalue weighted by Crippen LogP contribution is 2.45. The van der Waals surface area contributed by atoms with E-state index in [0.717, 1.165) is 33.4 Å². The third kappa shape index (κ3) is 3.36. The normalized spacial score (nSPS) is 12.2. The van der Waals surface area contributed by atoms with Gasteiger partial charge < -0.3 is 9.16 Å². The zero-order valence-electron chi connectivity index (χ0n) is 16.6. The minimum atomic E-state index is -1.96. The first kappa shape index (κ1) is 18.5. The van der Waals surface area contributed by atoms with E-state index in [9.17, 15) is 0 Å². The van der Waals surface area contributed by atoms with Gasteiger partial charge in [0.05, 0.1) is 7.11 Å². The van der Waals surface area contributed by atoms with Gasteiger partial charge >= 0.3 is 0 Å². The fourth-order valence-corrected chi connectivity index (χ4v) is 3.90. The molecule has 0 amide bonds. The lowest BCUT2D eigenvalue weighted by Gasteiger charge is -2.37. The molecule has 136 valence electrons. The molecule has 0 spiro atoms. The minimum absolute atomic E-state index is 0.140. The van der Waals surface area contributed by atoms with Crippen molar-refractivity contribution in [2.24, 2.45) is 0 Å². The third-order valence-corrected chi connectivity index (χ3v) is 9.76. The number of fused-ring (bicyclic) bond motifs is 1. The smallest absolute Gasteiger partial charge is 0.250 e. The number of hydrogen-bond acceptors (Lipinski definition) is 2. The summed E-state index contributed by atoms with van der Waals surface area (Å²) in [6, 6.07) is 20.9. The number of benzene rings is 3. The van der Waals surface area contributed by atoms with E-state index in [1.807, 2.05) is 6.07 Å². The molecule has 0 unspecified atom stereocenters. The highest BCUT2D eigenvalue weighted by atomic mass is 28.4. The first-order chi connectivity index (χ1) is 12.2. The Hall–Kier alpha value is -2.26. The lowest BCUT2D eigenvalue weighted by atomic mass is 9.99. The van der Waals surface area contributed by atoms with Crippen molar-refractivity contribution in [2.45, 2.75) is 38.9 Å². The van der Waals surface area contributed by atoms with Crippen LogP contribution in [0.1, 0.15) is 20.8 Å². The van der Waals surface area contributed by atoms with Gasteiger partial charge in [0.2, 0.25) is 0 Å². The van der Waals surface area contributed by atoms with Crippen LogP contribution in [0.3, 0.4) is 0 Å². The monoisotopic (exact) mass is 364 g/mol. The second-order valence-corrected chi connectivity index (χ2v) is 13.0. The first-order valence-electron chi connectivity index (χ1n) is 9.09. The molecule has 2 nitrogen and oxygen atoms in total. The molecule has 3 rings (SSSR count). The minimum Gasteiger partial charge on any atom is -0.543 e. The molecule has 0 bridgehead atoms. The Kier molecular flexibility index (Phi) is 4.85. The Morgan fingerprint density at radius 1 is 0.808 bits per heavy atom. The molecule has 0 aromatic heterocycles. The summed E-state index contributed by atoms with van der Waals surface area (Å²) >= 11 is 0. The first-order valence-corrected chi connectivity index (χ1v) is 12.0. The second kappa shape index (κ2) is 6.80. The van der Waals surface area contributed by atoms with E-state index in [4.69, 9.17) is 9.16 Å². The quantitative estimate of drug-likeness (QED) is 0.469. The van der Waals surface area contributed by atoms with Crippen LogP contribution in [0.2, 0.25) is 18.1 Å². The molecule has 0 aliphatic rings. The Morgan fingerprint density at radius 3 is 1.96 bits per heavy atom. The maximum atomic E-state index is 6.72. The van der Waals surface area contributed by atoms with Gasteiger partial charge in [-0.05, 0) is 29.8 Å². The van der Waals surface area contributed by atoms with Crippen molar-refractivity contribution in [1.82, 2.24) is 0 Å². The number of methoxy groups -OCH3 is 1. The molecule has 3 aromatic carbocycles. The molecule has 3 aromatic rings. The molecule has 0 aliphatic heterocycles. The van der Waals surface area contributed by atoms with Crippen molar-refractivity contribution in [3.05, 3.63) is 60.7 Å². The van der Waals surface area contributed by atoms with E-state index in [-0.39, 0.29) is 5.04 Å². The summed E-state index contributed by atoms with van der Waals surface area (Å²) in [5.74, 6) is 1.85. The molecule has 26 heavy (non-hydrogen) atoms. The van der Waals surface area contributed by atoms with Gasteiger partial charge in [0.1, 0.15) is 11.5 Å². The highest BCUT2D eigenvalue weighted by Gasteiger charge is 2.39. The van der Waals surface area contributed by atoms with E-state index in [0.29, 0.717) is 0 Å². The maximum absolute atomic E-state index is 6.72. The lowest BCUT2D eigenvalue weighted by molar-refractivity contribution is 0.420. The van der Waals surface area contributed by atoms with Crippen LogP contribution in [0.25, 0.3) is 21.9 Å². The van der Waals surface area contributed by atoms with Crippen LogP contribution in [0.4, 0.5) is 0 Å². The molecular weight excluding hydrogens is 336 g/mol. The summed E-state index contributed by atoms with van der Waals surface area (Å²) in [6.45, 7) is 11.4. The molecule has 3 heteroatoms. The van der Waals surface area contributed by atoms with Gasteiger partial charge in [-0.25, -0.2) is 0 Å². The van der Waals surface area contributed by atoms with Crippen LogP contribution in [-0.2, 0) is 0 Å². The zero-order valence-corrected chi connectivity index (χ0v) is 17.6. The topological polar surface area (TPSA) is 18.5 Å². The van der Waals surface area contributed by atoms with Gasteiger partial charge in [-0.2, -0.15) is 0 Å². The Balaban J connectivity index is 2.27. The largest absolute Gasteiger partial charge is 0.543 e. The highest BCUT2D eigenvalue weighted by molar-refractivity contribution is 6.74. The summed E-state index contributed by atoms with van der Waals surface area (Å²) in [7, 11) is -0.217. The number of hydrogen-bond donors (Lipinski definition) is 0. The maximum Gasteiger partial charge on any atom is 0.250 e. The van der Waals surface area contributed by atoms with Gasteiger partial charge in [-0.3, -0.25) is 0 Å². The van der Waals surface area contributed by atoms with Gasteiger partial charge in [0.25, 0.3) is 8.32 Å². The Labute approximate surface area is 157 Å². The fraction of sp³-hybridized carbons (Fsp3) is 0.304. The molecule has 0 fully saturated rings. The van der Waals surface area contributed by atoms with Crippen molar-refractivity contribution in [3.63, 3.8) is 0 Å². The van der Waals surface area contributed by atoms with Gasteiger partial charge in [-0.15, -0.1) is 0 Å². The summed E-state index contributed by atoms with van der Waals surface area (Å²) in [6.07, 6.45) is 0. The number of rotatable bonds is 4. The van der Waals surface area contributed by atoms with E-state index in [1.165, 1.54) is 0 Å². The van der Waals surface area contributed by atoms with Crippen LogP contribution in [-0.4, -0.2) is 15.4 Å². The molecule has 0 aliphatic carbocycles. The van der Waals surface area contributed by atoms with Crippen LogP contribution >= 0.6 is 0 Å². The lowest BCUT2D eigenvalue weighted by Crippen LogP contribution is -2.43. The van der Waals surface area contributed by atoms with Crippen molar-refractivity contribution >= 4 is 19.1 Å². The predicted octanol–water partition coefficient (Wildman–Crippen LogP) is 6.90. The van der Waals surface area contributed by atoms with E-state index < -0.39 is 8.32 Å². The van der Waals surface area contributed by atoms with Crippen molar-refractivity contribution in [1.29, 1.82) is 0 Å². The zero-order chi connectivity index (χ0) is 18.9. The SMILES string of the molecule is COc1c(-c2ccccc2)cc(O[Si](C)(C)C(C)(C)C)c2ccccc12. The summed E-state index contributed by atoms with van der Waals surface area (Å²) in [5.41, 5.74) is 2.20.